The summed E-state index contributed by atoms with van der Waals surface area (Å²) >= 11 is 0. The van der Waals surface area contributed by atoms with Crippen molar-refractivity contribution in [3.05, 3.63) is 29.8 Å². The standard InChI is InChI=1S/C13H18N4O2/c1-17(8-2-7-14)9-10-19-12-5-3-11(4-6-12)13(18)16-15/h3-6H,2,8-10,15H2,1H3,(H,16,18). The van der Waals surface area contributed by atoms with Crippen LogP contribution in [0, 0.1) is 11.3 Å². The number of hydrogen-bond acceptors (Lipinski definition) is 5. The number of hydrazine groups is 1. The third-order valence-corrected chi connectivity index (χ3v) is 2.59. The van der Waals surface area contributed by atoms with Crippen LogP contribution in [-0.4, -0.2) is 37.6 Å². The molecular weight excluding hydrogens is 244 g/mol. The molecule has 1 aromatic carbocycles. The zero-order valence-corrected chi connectivity index (χ0v) is 10.9. The number of ether oxygens (including phenoxy) is 1. The molecule has 1 amide bonds. The summed E-state index contributed by atoms with van der Waals surface area (Å²) in [6.45, 7) is 2.01. The monoisotopic (exact) mass is 262 g/mol. The molecule has 0 aliphatic rings. The van der Waals surface area contributed by atoms with Gasteiger partial charge in [-0.3, -0.25) is 10.2 Å². The van der Waals surface area contributed by atoms with E-state index >= 15 is 0 Å². The van der Waals surface area contributed by atoms with Gasteiger partial charge in [-0.05, 0) is 31.3 Å². The van der Waals surface area contributed by atoms with Crippen LogP contribution >= 0.6 is 0 Å². The first-order valence-electron chi connectivity index (χ1n) is 5.96. The van der Waals surface area contributed by atoms with E-state index in [0.717, 1.165) is 13.1 Å². The molecule has 0 saturated carbocycles. The maximum absolute atomic E-state index is 11.2. The number of nitrogen functional groups attached to an aromatic ring is 1. The number of amides is 1. The second kappa shape index (κ2) is 8.08. The van der Waals surface area contributed by atoms with E-state index in [1.807, 2.05) is 11.9 Å². The summed E-state index contributed by atoms with van der Waals surface area (Å²) in [6, 6.07) is 8.84. The third kappa shape index (κ3) is 5.38. The first-order chi connectivity index (χ1) is 9.17. The zero-order chi connectivity index (χ0) is 14.1. The molecule has 0 aliphatic heterocycles. The Labute approximate surface area is 112 Å². The number of likely N-dealkylation sites (N-methyl/N-ethyl adjacent to an activating group) is 1. The van der Waals surface area contributed by atoms with Crippen LogP contribution in [0.15, 0.2) is 24.3 Å². The molecule has 3 N–H and O–H groups in total. The lowest BCUT2D eigenvalue weighted by molar-refractivity contribution is 0.0953. The van der Waals surface area contributed by atoms with E-state index in [4.69, 9.17) is 15.8 Å². The summed E-state index contributed by atoms with van der Waals surface area (Å²) in [4.78, 5) is 13.2. The van der Waals surface area contributed by atoms with Crippen LogP contribution in [0.4, 0.5) is 0 Å². The summed E-state index contributed by atoms with van der Waals surface area (Å²) in [5, 5.41) is 8.46. The van der Waals surface area contributed by atoms with Gasteiger partial charge in [0.1, 0.15) is 12.4 Å². The Kier molecular flexibility index (Phi) is 6.36. The Morgan fingerprint density at radius 2 is 2.11 bits per heavy atom. The Bertz CT molecular complexity index is 439. The predicted octanol–water partition coefficient (Wildman–Crippen LogP) is 0.514. The molecule has 6 nitrogen and oxygen atoms in total. The van der Waals surface area contributed by atoms with Gasteiger partial charge in [0, 0.05) is 25.1 Å². The average molecular weight is 262 g/mol. The van der Waals surface area contributed by atoms with Crippen molar-refractivity contribution in [3.8, 4) is 11.8 Å². The van der Waals surface area contributed by atoms with E-state index in [2.05, 4.69) is 11.5 Å². The van der Waals surface area contributed by atoms with Crippen LogP contribution in [0.5, 0.6) is 5.75 Å². The number of carbonyl (C=O) groups excluding carboxylic acids is 1. The SMILES string of the molecule is CN(CCC#N)CCOc1ccc(C(=O)NN)cc1. The third-order valence-electron chi connectivity index (χ3n) is 2.59. The molecule has 0 unspecified atom stereocenters. The average Bonchev–Trinajstić information content (AvgIpc) is 2.45. The van der Waals surface area contributed by atoms with Crippen LogP contribution in [0.2, 0.25) is 0 Å². The largest absolute Gasteiger partial charge is 0.492 e. The van der Waals surface area contributed by atoms with Crippen molar-refractivity contribution in [3.63, 3.8) is 0 Å². The number of carbonyl (C=O) groups is 1. The van der Waals surface area contributed by atoms with E-state index in [9.17, 15) is 4.79 Å². The minimum atomic E-state index is -0.331. The lowest BCUT2D eigenvalue weighted by Crippen LogP contribution is -2.29. The van der Waals surface area contributed by atoms with E-state index in [0.29, 0.717) is 24.3 Å². The van der Waals surface area contributed by atoms with Gasteiger partial charge in [0.05, 0.1) is 6.07 Å². The highest BCUT2D eigenvalue weighted by Crippen LogP contribution is 2.11. The maximum atomic E-state index is 11.2. The molecule has 0 aromatic heterocycles. The van der Waals surface area contributed by atoms with Crippen LogP contribution in [0.3, 0.4) is 0 Å². The fourth-order valence-corrected chi connectivity index (χ4v) is 1.46. The van der Waals surface area contributed by atoms with Gasteiger partial charge in [0.2, 0.25) is 0 Å². The summed E-state index contributed by atoms with van der Waals surface area (Å²) in [6.07, 6.45) is 0.513. The van der Waals surface area contributed by atoms with E-state index in [-0.39, 0.29) is 5.91 Å². The van der Waals surface area contributed by atoms with Crippen LogP contribution in [-0.2, 0) is 0 Å². The topological polar surface area (TPSA) is 91.4 Å². The molecule has 19 heavy (non-hydrogen) atoms. The lowest BCUT2D eigenvalue weighted by Gasteiger charge is -2.15. The van der Waals surface area contributed by atoms with Gasteiger partial charge in [0.25, 0.3) is 5.91 Å². The quantitative estimate of drug-likeness (QED) is 0.424. The first kappa shape index (κ1) is 15.0. The molecule has 0 bridgehead atoms. The van der Waals surface area contributed by atoms with Gasteiger partial charge >= 0.3 is 0 Å². The molecule has 1 rings (SSSR count). The van der Waals surface area contributed by atoms with E-state index < -0.39 is 0 Å². The second-order valence-corrected chi connectivity index (χ2v) is 4.06. The number of rotatable bonds is 7. The number of nitriles is 1. The predicted molar refractivity (Wildman–Crippen MR) is 71.3 cm³/mol. The van der Waals surface area contributed by atoms with Gasteiger partial charge in [-0.2, -0.15) is 5.26 Å². The van der Waals surface area contributed by atoms with Crippen molar-refractivity contribution in [2.24, 2.45) is 5.84 Å². The van der Waals surface area contributed by atoms with Gasteiger partial charge in [-0.1, -0.05) is 0 Å². The molecule has 0 saturated heterocycles. The van der Waals surface area contributed by atoms with Gasteiger partial charge < -0.3 is 9.64 Å². The zero-order valence-electron chi connectivity index (χ0n) is 10.9. The van der Waals surface area contributed by atoms with Gasteiger partial charge in [0.15, 0.2) is 0 Å². The van der Waals surface area contributed by atoms with Gasteiger partial charge in [-0.25, -0.2) is 5.84 Å². The minimum absolute atomic E-state index is 0.331. The molecule has 0 atom stereocenters. The van der Waals surface area contributed by atoms with E-state index in [1.54, 1.807) is 24.3 Å². The van der Waals surface area contributed by atoms with Crippen molar-refractivity contribution < 1.29 is 9.53 Å². The fourth-order valence-electron chi connectivity index (χ4n) is 1.46. The Morgan fingerprint density at radius 1 is 1.42 bits per heavy atom. The highest BCUT2D eigenvalue weighted by Gasteiger charge is 2.03. The van der Waals surface area contributed by atoms with Crippen molar-refractivity contribution >= 4 is 5.91 Å². The van der Waals surface area contributed by atoms with Crippen LogP contribution < -0.4 is 16.0 Å². The molecule has 0 aliphatic carbocycles. The number of hydrogen-bond donors (Lipinski definition) is 2. The number of nitrogens with two attached hydrogens (primary N) is 1. The number of benzene rings is 1. The smallest absolute Gasteiger partial charge is 0.265 e. The summed E-state index contributed by atoms with van der Waals surface area (Å²) < 4.78 is 5.54. The summed E-state index contributed by atoms with van der Waals surface area (Å²) in [7, 11) is 1.94. The molecule has 0 heterocycles. The normalized spacial score (nSPS) is 10.0. The molecule has 1 aromatic rings. The second-order valence-electron chi connectivity index (χ2n) is 4.06. The maximum Gasteiger partial charge on any atom is 0.265 e. The highest BCUT2D eigenvalue weighted by molar-refractivity contribution is 5.93. The van der Waals surface area contributed by atoms with Crippen molar-refractivity contribution in [2.45, 2.75) is 6.42 Å². The molecule has 0 spiro atoms. The van der Waals surface area contributed by atoms with Crippen LogP contribution in [0.1, 0.15) is 16.8 Å². The number of nitrogens with zero attached hydrogens (tertiary/aromatic N) is 2. The number of nitrogens with one attached hydrogen (secondary N) is 1. The van der Waals surface area contributed by atoms with Gasteiger partial charge in [-0.15, -0.1) is 0 Å². The molecule has 6 heteroatoms. The lowest BCUT2D eigenvalue weighted by atomic mass is 10.2. The van der Waals surface area contributed by atoms with Crippen molar-refractivity contribution in [2.75, 3.05) is 26.7 Å². The Balaban J connectivity index is 2.34. The first-order valence-corrected chi connectivity index (χ1v) is 5.96. The van der Waals surface area contributed by atoms with Crippen LogP contribution in [0.25, 0.3) is 0 Å². The van der Waals surface area contributed by atoms with Crippen molar-refractivity contribution in [1.82, 2.24) is 10.3 Å². The minimum Gasteiger partial charge on any atom is -0.492 e. The Hall–Kier alpha value is -2.10. The molecule has 0 radical (unpaired) electrons. The van der Waals surface area contributed by atoms with Crippen molar-refractivity contribution in [1.29, 1.82) is 5.26 Å². The summed E-state index contributed by atoms with van der Waals surface area (Å²) in [5.41, 5.74) is 2.55. The molecule has 0 fully saturated rings. The summed E-state index contributed by atoms with van der Waals surface area (Å²) in [5.74, 6) is 5.40. The molecular formula is C13H18N4O2. The van der Waals surface area contributed by atoms with E-state index in [1.165, 1.54) is 0 Å². The molecule has 102 valence electrons. The fraction of sp³-hybridized carbons (Fsp3) is 0.385. The Morgan fingerprint density at radius 3 is 2.68 bits per heavy atom. The highest BCUT2D eigenvalue weighted by atomic mass is 16.5.